The Kier molecular flexibility index (Phi) is 4.83. The second-order valence-electron chi connectivity index (χ2n) is 8.41. The molecule has 2 aliphatic heterocycles. The van der Waals surface area contributed by atoms with E-state index in [9.17, 15) is 9.90 Å². The molecule has 5 nitrogen and oxygen atoms in total. The Morgan fingerprint density at radius 1 is 1.10 bits per heavy atom. The highest BCUT2D eigenvalue weighted by molar-refractivity contribution is 6.15. The van der Waals surface area contributed by atoms with E-state index >= 15 is 0 Å². The number of aryl methyl sites for hydroxylation is 1. The van der Waals surface area contributed by atoms with Crippen LogP contribution in [-0.4, -0.2) is 23.4 Å². The molecule has 1 fully saturated rings. The molecule has 154 valence electrons. The number of fused-ring (bicyclic) bond motifs is 2. The Morgan fingerprint density at radius 2 is 1.87 bits per heavy atom. The molecule has 1 aromatic heterocycles. The molecule has 0 unspecified atom stereocenters. The molecule has 1 N–H and O–H groups in total. The number of likely N-dealkylation sites (tertiary alicyclic amines) is 1. The number of ketones is 1. The van der Waals surface area contributed by atoms with Gasteiger partial charge in [0.05, 0.1) is 18.7 Å². The highest BCUT2D eigenvalue weighted by Crippen LogP contribution is 2.38. The van der Waals surface area contributed by atoms with E-state index in [-0.39, 0.29) is 11.5 Å². The lowest BCUT2D eigenvalue weighted by Crippen LogP contribution is -3.10. The number of aromatic nitrogens is 1. The number of rotatable bonds is 3. The van der Waals surface area contributed by atoms with Gasteiger partial charge in [0, 0.05) is 35.3 Å². The van der Waals surface area contributed by atoms with Gasteiger partial charge in [-0.25, -0.2) is 0 Å². The Morgan fingerprint density at radius 3 is 2.67 bits per heavy atom. The Hall–Kier alpha value is -3.05. The first kappa shape index (κ1) is 18.9. The summed E-state index contributed by atoms with van der Waals surface area (Å²) in [6.07, 6.45) is 8.69. The van der Waals surface area contributed by atoms with Gasteiger partial charge in [0.15, 0.2) is 5.76 Å². The number of nitrogens with one attached hydrogen (secondary N) is 1. The lowest BCUT2D eigenvalue weighted by atomic mass is 10.0. The van der Waals surface area contributed by atoms with Crippen LogP contribution in [0.4, 0.5) is 0 Å². The van der Waals surface area contributed by atoms with Gasteiger partial charge in [0.2, 0.25) is 5.78 Å². The highest BCUT2D eigenvalue weighted by Gasteiger charge is 2.31. The highest BCUT2D eigenvalue weighted by atomic mass is 16.5. The fraction of sp³-hybridized carbons (Fsp3) is 0.320. The lowest BCUT2D eigenvalue weighted by molar-refractivity contribution is -0.913. The molecular formula is C25H26N2O3. The van der Waals surface area contributed by atoms with Gasteiger partial charge in [-0.1, -0.05) is 30.0 Å². The van der Waals surface area contributed by atoms with Crippen LogP contribution in [0.5, 0.6) is 11.5 Å². The van der Waals surface area contributed by atoms with Crippen LogP contribution < -0.4 is 14.7 Å². The summed E-state index contributed by atoms with van der Waals surface area (Å²) in [6, 6.07) is 11.2. The minimum Gasteiger partial charge on any atom is -0.872 e. The molecule has 3 heterocycles. The Bertz CT molecular complexity index is 1150. The van der Waals surface area contributed by atoms with Crippen molar-refractivity contribution in [1.29, 1.82) is 0 Å². The minimum absolute atomic E-state index is 0.0373. The van der Waals surface area contributed by atoms with Crippen molar-refractivity contribution in [3.8, 4) is 11.5 Å². The molecule has 5 heteroatoms. The van der Waals surface area contributed by atoms with Crippen LogP contribution in [0.25, 0.3) is 17.0 Å². The molecule has 2 aliphatic rings. The zero-order chi connectivity index (χ0) is 20.7. The van der Waals surface area contributed by atoms with E-state index in [1.54, 1.807) is 12.1 Å². The van der Waals surface area contributed by atoms with Gasteiger partial charge < -0.3 is 19.3 Å². The van der Waals surface area contributed by atoms with Crippen molar-refractivity contribution in [2.24, 2.45) is 7.05 Å². The molecule has 5 rings (SSSR count). The van der Waals surface area contributed by atoms with Crippen molar-refractivity contribution in [2.45, 2.75) is 32.2 Å². The van der Waals surface area contributed by atoms with Crippen molar-refractivity contribution in [3.63, 3.8) is 0 Å². The fourth-order valence-electron chi connectivity index (χ4n) is 4.74. The van der Waals surface area contributed by atoms with Crippen molar-refractivity contribution in [1.82, 2.24) is 4.57 Å². The summed E-state index contributed by atoms with van der Waals surface area (Å²) in [5, 5.41) is 13.7. The first-order valence-electron chi connectivity index (χ1n) is 10.8. The molecular weight excluding hydrogens is 376 g/mol. The fourth-order valence-corrected chi connectivity index (χ4v) is 4.74. The van der Waals surface area contributed by atoms with Crippen LogP contribution in [0.3, 0.4) is 0 Å². The number of hydrogen-bond donors (Lipinski definition) is 1. The largest absolute Gasteiger partial charge is 0.872 e. The molecule has 0 atom stereocenters. The van der Waals surface area contributed by atoms with E-state index < -0.39 is 0 Å². The second-order valence-corrected chi connectivity index (χ2v) is 8.41. The average Bonchev–Trinajstić information content (AvgIpc) is 3.09. The van der Waals surface area contributed by atoms with E-state index in [0.717, 1.165) is 29.6 Å². The number of ether oxygens (including phenoxy) is 1. The SMILES string of the molecule is Cn1cc(/C=C2/Oc3c(ccc([O-])c3C[NH+]3CCCCCC3)C2=O)c2ccccc21. The van der Waals surface area contributed by atoms with Gasteiger partial charge in [-0.05, 0) is 43.9 Å². The first-order chi connectivity index (χ1) is 14.6. The third kappa shape index (κ3) is 3.29. The Balaban J connectivity index is 1.50. The average molecular weight is 402 g/mol. The molecule has 0 radical (unpaired) electrons. The summed E-state index contributed by atoms with van der Waals surface area (Å²) in [7, 11) is 1.99. The number of quaternary nitrogens is 1. The monoisotopic (exact) mass is 402 g/mol. The predicted molar refractivity (Wildman–Crippen MR) is 115 cm³/mol. The molecule has 0 bridgehead atoms. The smallest absolute Gasteiger partial charge is 0.231 e. The molecule has 0 spiro atoms. The number of nitrogens with zero attached hydrogens (tertiary/aromatic N) is 1. The van der Waals surface area contributed by atoms with Crippen LogP contribution in [0.15, 0.2) is 48.4 Å². The van der Waals surface area contributed by atoms with Crippen LogP contribution in [0, 0.1) is 0 Å². The number of carbonyl (C=O) groups excluding carboxylic acids is 1. The molecule has 0 saturated carbocycles. The summed E-state index contributed by atoms with van der Waals surface area (Å²) < 4.78 is 8.09. The maximum Gasteiger partial charge on any atom is 0.231 e. The Labute approximate surface area is 176 Å². The van der Waals surface area contributed by atoms with E-state index in [0.29, 0.717) is 29.2 Å². The normalized spacial score (nSPS) is 18.6. The van der Waals surface area contributed by atoms with Crippen molar-refractivity contribution >= 4 is 22.8 Å². The van der Waals surface area contributed by atoms with Gasteiger partial charge in [-0.3, -0.25) is 4.79 Å². The van der Waals surface area contributed by atoms with E-state index in [4.69, 9.17) is 4.74 Å². The van der Waals surface area contributed by atoms with Gasteiger partial charge >= 0.3 is 0 Å². The maximum atomic E-state index is 13.0. The second kappa shape index (κ2) is 7.65. The zero-order valence-electron chi connectivity index (χ0n) is 17.2. The summed E-state index contributed by atoms with van der Waals surface area (Å²) in [5.74, 6) is 0.574. The number of para-hydroxylation sites is 1. The standard InChI is InChI=1S/C25H26N2O3/c1-26-15-17(18-8-4-5-9-21(18)26)14-23-24(29)19-10-11-22(28)20(25(19)30-23)16-27-12-6-2-3-7-13-27/h4-5,8-11,14-15,28H,2-3,6-7,12-13,16H2,1H3/b23-14+. The van der Waals surface area contributed by atoms with Crippen LogP contribution >= 0.6 is 0 Å². The lowest BCUT2D eigenvalue weighted by Gasteiger charge is -2.22. The summed E-state index contributed by atoms with van der Waals surface area (Å²) >= 11 is 0. The van der Waals surface area contributed by atoms with Crippen LogP contribution in [0.2, 0.25) is 0 Å². The molecule has 2 aromatic carbocycles. The summed E-state index contributed by atoms with van der Waals surface area (Å²) in [6.45, 7) is 2.75. The maximum absolute atomic E-state index is 13.0. The van der Waals surface area contributed by atoms with Crippen molar-refractivity contribution in [2.75, 3.05) is 13.1 Å². The minimum atomic E-state index is -0.148. The van der Waals surface area contributed by atoms with Crippen molar-refractivity contribution < 1.29 is 19.5 Å². The van der Waals surface area contributed by atoms with Crippen LogP contribution in [0.1, 0.15) is 47.2 Å². The number of carbonyl (C=O) groups is 1. The van der Waals surface area contributed by atoms with Gasteiger partial charge in [0.1, 0.15) is 12.3 Å². The molecule has 0 amide bonds. The third-order valence-corrected chi connectivity index (χ3v) is 6.35. The quantitative estimate of drug-likeness (QED) is 0.686. The van der Waals surface area contributed by atoms with E-state index in [1.165, 1.54) is 36.6 Å². The summed E-state index contributed by atoms with van der Waals surface area (Å²) in [5.41, 5.74) is 3.18. The van der Waals surface area contributed by atoms with E-state index in [1.807, 2.05) is 36.0 Å². The molecule has 3 aromatic rings. The third-order valence-electron chi connectivity index (χ3n) is 6.35. The van der Waals surface area contributed by atoms with E-state index in [2.05, 4.69) is 6.07 Å². The number of Topliss-reactive ketones (excluding diaryl/α,β-unsaturated/α-hetero) is 1. The van der Waals surface area contributed by atoms with Gasteiger partial charge in [0.25, 0.3) is 0 Å². The topological polar surface area (TPSA) is 58.7 Å². The molecule has 0 aliphatic carbocycles. The van der Waals surface area contributed by atoms with Gasteiger partial charge in [-0.2, -0.15) is 0 Å². The molecule has 1 saturated heterocycles. The zero-order valence-corrected chi connectivity index (χ0v) is 17.2. The number of benzene rings is 2. The van der Waals surface area contributed by atoms with Gasteiger partial charge in [-0.15, -0.1) is 0 Å². The van der Waals surface area contributed by atoms with Crippen molar-refractivity contribution in [3.05, 3.63) is 65.0 Å². The summed E-state index contributed by atoms with van der Waals surface area (Å²) in [4.78, 5) is 14.4. The number of allylic oxidation sites excluding steroid dienone is 1. The molecule has 30 heavy (non-hydrogen) atoms. The first-order valence-corrected chi connectivity index (χ1v) is 10.8. The number of hydrogen-bond acceptors (Lipinski definition) is 3. The predicted octanol–water partition coefficient (Wildman–Crippen LogP) is 2.83. The van der Waals surface area contributed by atoms with Crippen LogP contribution in [-0.2, 0) is 13.6 Å².